The van der Waals surface area contributed by atoms with Crippen molar-refractivity contribution in [2.75, 3.05) is 45.3 Å². The minimum Gasteiger partial charge on any atom is -0.394 e. The molecule has 5 heterocycles. The molecular formula is C37H55N9O13. The van der Waals surface area contributed by atoms with Gasteiger partial charge in [0, 0.05) is 46.9 Å². The van der Waals surface area contributed by atoms with E-state index >= 15 is 0 Å². The molecule has 0 radical (unpaired) electrons. The second-order valence-corrected chi connectivity index (χ2v) is 15.1. The highest BCUT2D eigenvalue weighted by Gasteiger charge is 2.54. The van der Waals surface area contributed by atoms with E-state index in [1.165, 1.54) is 31.1 Å². The number of rotatable bonds is 12. The lowest BCUT2D eigenvalue weighted by Crippen LogP contribution is -2.69. The SMILES string of the molecule is CCN(NC(=O)n1ccc2c(N(C)[C@H]3CN(C(=O)CC#N)CC[C@H]3C)ncnc21)C(=O)C1O[C@@H](OC2C(NC(C)=O)[C@H](OC)OC(CO)[C@H]2O)C(O)C(O)[C@@H]1OC(C)C. The number of nitrogens with one attached hydrogen (secondary N) is 2. The Bertz CT molecular complexity index is 1840. The lowest BCUT2D eigenvalue weighted by atomic mass is 9.92. The van der Waals surface area contributed by atoms with Gasteiger partial charge in [0.1, 0.15) is 61.2 Å². The molecule has 2 aromatic heterocycles. The maximum absolute atomic E-state index is 14.3. The Labute approximate surface area is 340 Å². The van der Waals surface area contributed by atoms with Gasteiger partial charge in [-0.2, -0.15) is 5.26 Å². The van der Waals surface area contributed by atoms with E-state index in [-0.39, 0.29) is 36.5 Å². The molecule has 5 rings (SSSR count). The highest BCUT2D eigenvalue weighted by atomic mass is 16.7. The van der Waals surface area contributed by atoms with Gasteiger partial charge in [-0.05, 0) is 39.2 Å². The van der Waals surface area contributed by atoms with E-state index in [1.54, 1.807) is 31.7 Å². The van der Waals surface area contributed by atoms with Crippen molar-refractivity contribution < 1.29 is 63.3 Å². The van der Waals surface area contributed by atoms with Crippen LogP contribution in [0.2, 0.25) is 0 Å². The molecule has 0 aliphatic carbocycles. The summed E-state index contributed by atoms with van der Waals surface area (Å²) in [5.41, 5.74) is 2.77. The predicted octanol–water partition coefficient (Wildman–Crippen LogP) is -1.81. The van der Waals surface area contributed by atoms with Crippen LogP contribution < -0.4 is 15.6 Å². The van der Waals surface area contributed by atoms with Crippen molar-refractivity contribution in [1.29, 1.82) is 5.26 Å². The molecule has 0 aromatic carbocycles. The largest absolute Gasteiger partial charge is 0.394 e. The van der Waals surface area contributed by atoms with Crippen molar-refractivity contribution >= 4 is 40.6 Å². The summed E-state index contributed by atoms with van der Waals surface area (Å²) in [6.45, 7) is 8.27. The normalized spacial score (nSPS) is 31.1. The number of aliphatic hydroxyl groups is 4. The molecule has 22 heteroatoms. The molecule has 22 nitrogen and oxygen atoms in total. The summed E-state index contributed by atoms with van der Waals surface area (Å²) in [6, 6.07) is 1.41. The third-order valence-electron chi connectivity index (χ3n) is 10.8. The number of piperidine rings is 1. The molecule has 0 bridgehead atoms. The number of ether oxygens (including phenoxy) is 5. The molecule has 0 spiro atoms. The Kier molecular flexibility index (Phi) is 15.2. The maximum atomic E-state index is 14.3. The lowest BCUT2D eigenvalue weighted by molar-refractivity contribution is -0.342. The second-order valence-electron chi connectivity index (χ2n) is 15.1. The minimum absolute atomic E-state index is 0.108. The zero-order valence-electron chi connectivity index (χ0n) is 34.1. The van der Waals surface area contributed by atoms with Crippen molar-refractivity contribution in [2.45, 2.75) is 121 Å². The number of hydrogen-bond donors (Lipinski definition) is 6. The lowest BCUT2D eigenvalue weighted by Gasteiger charge is -2.48. The molecule has 3 saturated heterocycles. The number of anilines is 1. The van der Waals surface area contributed by atoms with Gasteiger partial charge in [-0.1, -0.05) is 6.92 Å². The summed E-state index contributed by atoms with van der Waals surface area (Å²) in [4.78, 5) is 65.3. The summed E-state index contributed by atoms with van der Waals surface area (Å²) < 4.78 is 30.0. The molecule has 4 amide bonds. The number of methoxy groups -OCH3 is 1. The van der Waals surface area contributed by atoms with Crippen LogP contribution in [0.3, 0.4) is 0 Å². The van der Waals surface area contributed by atoms with Gasteiger partial charge in [0.15, 0.2) is 24.3 Å². The van der Waals surface area contributed by atoms with Crippen molar-refractivity contribution in [1.82, 2.24) is 35.2 Å². The fourth-order valence-corrected chi connectivity index (χ4v) is 7.70. The Hall–Kier alpha value is -4.57. The van der Waals surface area contributed by atoms with Crippen LogP contribution in [0, 0.1) is 17.2 Å². The highest BCUT2D eigenvalue weighted by Crippen LogP contribution is 2.33. The number of carbonyl (C=O) groups excluding carboxylic acids is 4. The van der Waals surface area contributed by atoms with Gasteiger partial charge in [0.2, 0.25) is 11.8 Å². The number of carbonyl (C=O) groups is 4. The second kappa shape index (κ2) is 19.7. The Morgan fingerprint density at radius 3 is 2.46 bits per heavy atom. The maximum Gasteiger partial charge on any atom is 0.346 e. The van der Waals surface area contributed by atoms with Crippen LogP contribution >= 0.6 is 0 Å². The topological polar surface area (TPSA) is 284 Å². The summed E-state index contributed by atoms with van der Waals surface area (Å²) in [6.07, 6.45) is -11.5. The van der Waals surface area contributed by atoms with E-state index in [1.807, 2.05) is 18.0 Å². The molecule has 6 unspecified atom stereocenters. The van der Waals surface area contributed by atoms with Gasteiger partial charge in [0.25, 0.3) is 5.91 Å². The first-order chi connectivity index (χ1) is 28.1. The standard InChI is InChI=1S/C37H55N9O13/c1-8-46(42-37(54)45-14-11-21-32(39-17-40-33(21)45)43(6)22-15-44(13-10-19(22)4)24(49)9-12-38)34(53)31-30(56-18(2)3)27(51)28(52)36(59-31)58-29-25(41-20(5)48)35(55-7)57-23(16-47)26(29)50/h11,14,17-19,22-23,25-31,35-36,47,50-52H,8-10,13,15-16H2,1-7H3,(H,41,48)(H,42,54)/t19-,22+,23?,25?,26-,27?,28?,29?,30+,31?,35-,36-/m1/s1. The zero-order valence-corrected chi connectivity index (χ0v) is 34.1. The Morgan fingerprint density at radius 1 is 1.10 bits per heavy atom. The quantitative estimate of drug-likeness (QED) is 0.129. The van der Waals surface area contributed by atoms with E-state index in [0.717, 1.165) is 11.4 Å². The molecule has 6 N–H and O–H groups in total. The zero-order chi connectivity index (χ0) is 43.3. The van der Waals surface area contributed by atoms with Gasteiger partial charge in [-0.15, -0.1) is 0 Å². The molecular weight excluding hydrogens is 778 g/mol. The van der Waals surface area contributed by atoms with Gasteiger partial charge in [0.05, 0.1) is 30.2 Å². The van der Waals surface area contributed by atoms with Gasteiger partial charge < -0.3 is 59.2 Å². The monoisotopic (exact) mass is 833 g/mol. The van der Waals surface area contributed by atoms with E-state index < -0.39 is 91.9 Å². The van der Waals surface area contributed by atoms with Crippen molar-refractivity contribution in [3.8, 4) is 6.07 Å². The smallest absolute Gasteiger partial charge is 0.346 e. The van der Waals surface area contributed by atoms with Crippen molar-refractivity contribution in [2.24, 2.45) is 5.92 Å². The number of aliphatic hydroxyl groups excluding tert-OH is 4. The van der Waals surface area contributed by atoms with Crippen LogP contribution in [-0.2, 0) is 38.1 Å². The number of amides is 4. The molecule has 59 heavy (non-hydrogen) atoms. The molecule has 12 atom stereocenters. The summed E-state index contributed by atoms with van der Waals surface area (Å²) in [5, 5.41) is 56.7. The van der Waals surface area contributed by atoms with E-state index in [0.29, 0.717) is 24.3 Å². The van der Waals surface area contributed by atoms with Crippen molar-refractivity contribution in [3.05, 3.63) is 18.6 Å². The molecule has 0 saturated carbocycles. The summed E-state index contributed by atoms with van der Waals surface area (Å²) in [5.74, 6) is -1.03. The average Bonchev–Trinajstić information content (AvgIpc) is 3.65. The first-order valence-corrected chi connectivity index (χ1v) is 19.4. The number of likely N-dealkylation sites (N-methyl/N-ethyl adjacent to an activating group) is 2. The molecule has 2 aromatic rings. The number of hydrazine groups is 1. The number of nitriles is 1. The Morgan fingerprint density at radius 2 is 1.83 bits per heavy atom. The van der Waals surface area contributed by atoms with Crippen LogP contribution in [0.5, 0.6) is 0 Å². The number of hydrogen-bond acceptors (Lipinski definition) is 17. The fourth-order valence-electron chi connectivity index (χ4n) is 7.70. The number of fused-ring (bicyclic) bond motifs is 1. The number of nitrogens with zero attached hydrogens (tertiary/aromatic N) is 7. The predicted molar refractivity (Wildman–Crippen MR) is 204 cm³/mol. The van der Waals surface area contributed by atoms with E-state index in [4.69, 9.17) is 28.9 Å². The van der Waals surface area contributed by atoms with Crippen LogP contribution in [0.15, 0.2) is 18.6 Å². The van der Waals surface area contributed by atoms with E-state index in [2.05, 4.69) is 27.6 Å². The third-order valence-corrected chi connectivity index (χ3v) is 10.8. The van der Waals surface area contributed by atoms with Crippen LogP contribution in [0.25, 0.3) is 11.0 Å². The van der Waals surface area contributed by atoms with Gasteiger partial charge in [-0.25, -0.2) is 20.2 Å². The van der Waals surface area contributed by atoms with Gasteiger partial charge >= 0.3 is 6.03 Å². The Balaban J connectivity index is 1.38. The van der Waals surface area contributed by atoms with Crippen LogP contribution in [0.1, 0.15) is 47.5 Å². The number of aromatic nitrogens is 3. The first kappa shape index (κ1) is 45.5. The highest BCUT2D eigenvalue weighted by molar-refractivity contribution is 5.95. The van der Waals surface area contributed by atoms with Crippen LogP contribution in [0.4, 0.5) is 10.6 Å². The molecule has 326 valence electrons. The molecule has 3 fully saturated rings. The third kappa shape index (κ3) is 9.74. The molecule has 3 aliphatic rings. The summed E-state index contributed by atoms with van der Waals surface area (Å²) in [7, 11) is 3.10. The molecule has 3 aliphatic heterocycles. The fraction of sp³-hybridized carbons (Fsp3) is 0.703. The minimum atomic E-state index is -1.86. The summed E-state index contributed by atoms with van der Waals surface area (Å²) >= 11 is 0. The van der Waals surface area contributed by atoms with Crippen LogP contribution in [-0.4, -0.2) is 183 Å². The first-order valence-electron chi connectivity index (χ1n) is 19.4. The van der Waals surface area contributed by atoms with E-state index in [9.17, 15) is 39.6 Å². The average molecular weight is 834 g/mol. The van der Waals surface area contributed by atoms with Crippen molar-refractivity contribution in [3.63, 3.8) is 0 Å². The number of likely N-dealkylation sites (tertiary alicyclic amines) is 1. The van der Waals surface area contributed by atoms with Gasteiger partial charge in [-0.3, -0.25) is 24.0 Å².